The van der Waals surface area contributed by atoms with E-state index >= 15 is 0 Å². The third-order valence-corrected chi connectivity index (χ3v) is 3.36. The van der Waals surface area contributed by atoms with Crippen molar-refractivity contribution >= 4 is 0 Å². The van der Waals surface area contributed by atoms with Gasteiger partial charge in [0.15, 0.2) is 11.6 Å². The summed E-state index contributed by atoms with van der Waals surface area (Å²) in [5.74, 6) is -1.20. The number of hydrogen-bond acceptors (Lipinski definition) is 3. The first-order valence-electron chi connectivity index (χ1n) is 6.93. The molecule has 1 N–H and O–H groups in total. The number of nitrogens with one attached hydrogen (secondary N) is 1. The summed E-state index contributed by atoms with van der Waals surface area (Å²) in [6.07, 6.45) is 4.21. The van der Waals surface area contributed by atoms with Crippen LogP contribution in [0.25, 0.3) is 0 Å². The molecule has 21 heavy (non-hydrogen) atoms. The molecule has 0 saturated heterocycles. The Morgan fingerprint density at radius 1 is 1.24 bits per heavy atom. The van der Waals surface area contributed by atoms with Crippen molar-refractivity contribution in [2.75, 3.05) is 0 Å². The fraction of sp³-hybridized carbons (Fsp3) is 0.312. The molecule has 1 fully saturated rings. The maximum Gasteiger partial charge on any atom is 0.222 e. The smallest absolute Gasteiger partial charge is 0.222 e. The highest BCUT2D eigenvalue weighted by Crippen LogP contribution is 2.25. The van der Waals surface area contributed by atoms with Crippen LogP contribution in [-0.4, -0.2) is 11.0 Å². The van der Waals surface area contributed by atoms with Gasteiger partial charge in [0.2, 0.25) is 5.88 Å². The minimum Gasteiger partial charge on any atom is -0.439 e. The van der Waals surface area contributed by atoms with Crippen LogP contribution in [0.3, 0.4) is 0 Å². The van der Waals surface area contributed by atoms with E-state index in [1.165, 1.54) is 18.9 Å². The SMILES string of the molecule is Cc1cc(CNC2CC2)cnc1Oc1ccc(F)c(F)c1. The van der Waals surface area contributed by atoms with Gasteiger partial charge in [-0.15, -0.1) is 0 Å². The number of pyridine rings is 1. The number of halogens is 2. The molecule has 0 spiro atoms. The molecule has 2 aromatic rings. The first-order valence-corrected chi connectivity index (χ1v) is 6.93. The predicted octanol–water partition coefficient (Wildman–Crippen LogP) is 3.71. The topological polar surface area (TPSA) is 34.2 Å². The van der Waals surface area contributed by atoms with E-state index in [0.29, 0.717) is 11.9 Å². The summed E-state index contributed by atoms with van der Waals surface area (Å²) in [6.45, 7) is 2.66. The first-order chi connectivity index (χ1) is 10.1. The molecular formula is C16H16F2N2O. The zero-order valence-corrected chi connectivity index (χ0v) is 11.7. The van der Waals surface area contributed by atoms with Crippen molar-refractivity contribution in [2.45, 2.75) is 32.4 Å². The zero-order valence-electron chi connectivity index (χ0n) is 11.7. The molecule has 1 aromatic carbocycles. The maximum atomic E-state index is 13.1. The molecular weight excluding hydrogens is 274 g/mol. The Bertz CT molecular complexity index is 657. The standard InChI is InChI=1S/C16H16F2N2O/c1-10-6-11(8-19-12-2-3-12)9-20-16(10)21-13-4-5-14(17)15(18)7-13/h4-7,9,12,19H,2-3,8H2,1H3. The van der Waals surface area contributed by atoms with Crippen LogP contribution in [0.5, 0.6) is 11.6 Å². The van der Waals surface area contributed by atoms with E-state index in [1.807, 2.05) is 13.0 Å². The third-order valence-electron chi connectivity index (χ3n) is 3.36. The number of aromatic nitrogens is 1. The number of benzene rings is 1. The lowest BCUT2D eigenvalue weighted by Gasteiger charge is -2.10. The summed E-state index contributed by atoms with van der Waals surface area (Å²) in [5.41, 5.74) is 1.94. The lowest BCUT2D eigenvalue weighted by Crippen LogP contribution is -2.15. The first kappa shape index (κ1) is 13.9. The number of hydrogen-bond donors (Lipinski definition) is 1. The van der Waals surface area contributed by atoms with Crippen LogP contribution in [0.15, 0.2) is 30.5 Å². The molecule has 1 aromatic heterocycles. The molecule has 0 aliphatic heterocycles. The summed E-state index contributed by atoms with van der Waals surface area (Å²) in [5, 5.41) is 3.41. The molecule has 5 heteroatoms. The fourth-order valence-electron chi connectivity index (χ4n) is 2.03. The molecule has 0 amide bonds. The average Bonchev–Trinajstić information content (AvgIpc) is 3.27. The van der Waals surface area contributed by atoms with Crippen LogP contribution >= 0.6 is 0 Å². The van der Waals surface area contributed by atoms with Gasteiger partial charge in [-0.3, -0.25) is 0 Å². The largest absolute Gasteiger partial charge is 0.439 e. The van der Waals surface area contributed by atoms with Crippen molar-refractivity contribution in [3.05, 3.63) is 53.2 Å². The van der Waals surface area contributed by atoms with Crippen molar-refractivity contribution in [3.63, 3.8) is 0 Å². The molecule has 0 unspecified atom stereocenters. The summed E-state index contributed by atoms with van der Waals surface area (Å²) < 4.78 is 31.5. The second-order valence-corrected chi connectivity index (χ2v) is 5.30. The van der Waals surface area contributed by atoms with Gasteiger partial charge < -0.3 is 10.1 Å². The van der Waals surface area contributed by atoms with Crippen molar-refractivity contribution in [3.8, 4) is 11.6 Å². The number of ether oxygens (including phenoxy) is 1. The Kier molecular flexibility index (Phi) is 3.84. The van der Waals surface area contributed by atoms with Gasteiger partial charge in [0, 0.05) is 30.4 Å². The molecule has 1 aliphatic rings. The molecule has 3 rings (SSSR count). The summed E-state index contributed by atoms with van der Waals surface area (Å²) in [7, 11) is 0. The Morgan fingerprint density at radius 3 is 2.71 bits per heavy atom. The van der Waals surface area contributed by atoms with E-state index in [1.54, 1.807) is 6.20 Å². The third kappa shape index (κ3) is 3.55. The second kappa shape index (κ2) is 5.77. The quantitative estimate of drug-likeness (QED) is 0.911. The van der Waals surface area contributed by atoms with E-state index in [4.69, 9.17) is 4.74 Å². The second-order valence-electron chi connectivity index (χ2n) is 5.30. The highest BCUT2D eigenvalue weighted by atomic mass is 19.2. The summed E-state index contributed by atoms with van der Waals surface area (Å²) >= 11 is 0. The van der Waals surface area contributed by atoms with Gasteiger partial charge in [-0.25, -0.2) is 13.8 Å². The van der Waals surface area contributed by atoms with E-state index in [-0.39, 0.29) is 5.75 Å². The van der Waals surface area contributed by atoms with Gasteiger partial charge in [0.1, 0.15) is 5.75 Å². The van der Waals surface area contributed by atoms with Crippen LogP contribution in [0.1, 0.15) is 24.0 Å². The van der Waals surface area contributed by atoms with Crippen molar-refractivity contribution < 1.29 is 13.5 Å². The summed E-state index contributed by atoms with van der Waals surface area (Å²) in [6, 6.07) is 6.05. The lowest BCUT2D eigenvalue weighted by molar-refractivity contribution is 0.444. The Labute approximate surface area is 122 Å². The number of aryl methyl sites for hydroxylation is 1. The molecule has 0 atom stereocenters. The minimum atomic E-state index is -0.935. The molecule has 3 nitrogen and oxygen atoms in total. The van der Waals surface area contributed by atoms with Crippen molar-refractivity contribution in [1.29, 1.82) is 0 Å². The van der Waals surface area contributed by atoms with Gasteiger partial charge in [-0.1, -0.05) is 0 Å². The molecule has 0 bridgehead atoms. The minimum absolute atomic E-state index is 0.230. The van der Waals surface area contributed by atoms with Crippen molar-refractivity contribution in [2.24, 2.45) is 0 Å². The predicted molar refractivity (Wildman–Crippen MR) is 75.3 cm³/mol. The Morgan fingerprint density at radius 2 is 2.05 bits per heavy atom. The maximum absolute atomic E-state index is 13.1. The van der Waals surface area contributed by atoms with Crippen molar-refractivity contribution in [1.82, 2.24) is 10.3 Å². The lowest BCUT2D eigenvalue weighted by atomic mass is 10.2. The van der Waals surface area contributed by atoms with E-state index in [9.17, 15) is 8.78 Å². The van der Waals surface area contributed by atoms with Crippen LogP contribution in [0, 0.1) is 18.6 Å². The van der Waals surface area contributed by atoms with Crippen LogP contribution in [0.4, 0.5) is 8.78 Å². The summed E-state index contributed by atoms with van der Waals surface area (Å²) in [4.78, 5) is 4.25. The van der Waals surface area contributed by atoms with Gasteiger partial charge in [-0.2, -0.15) is 0 Å². The fourth-order valence-corrected chi connectivity index (χ4v) is 2.03. The average molecular weight is 290 g/mol. The van der Waals surface area contributed by atoms with Gasteiger partial charge in [-0.05, 0) is 43.5 Å². The van der Waals surface area contributed by atoms with Crippen LogP contribution in [0.2, 0.25) is 0 Å². The number of rotatable bonds is 5. The molecule has 110 valence electrons. The Balaban J connectivity index is 1.70. The van der Waals surface area contributed by atoms with Gasteiger partial charge >= 0.3 is 0 Å². The highest BCUT2D eigenvalue weighted by molar-refractivity contribution is 5.34. The Hall–Kier alpha value is -2.01. The highest BCUT2D eigenvalue weighted by Gasteiger charge is 2.20. The van der Waals surface area contributed by atoms with E-state index in [2.05, 4.69) is 10.3 Å². The van der Waals surface area contributed by atoms with Gasteiger partial charge in [0.25, 0.3) is 0 Å². The number of nitrogens with zero attached hydrogens (tertiary/aromatic N) is 1. The molecule has 0 radical (unpaired) electrons. The zero-order chi connectivity index (χ0) is 14.8. The van der Waals surface area contributed by atoms with E-state index in [0.717, 1.165) is 29.8 Å². The van der Waals surface area contributed by atoms with Crippen LogP contribution in [-0.2, 0) is 6.54 Å². The normalized spacial score (nSPS) is 14.2. The monoisotopic (exact) mass is 290 g/mol. The molecule has 1 aliphatic carbocycles. The van der Waals surface area contributed by atoms with Gasteiger partial charge in [0.05, 0.1) is 0 Å². The molecule has 1 saturated carbocycles. The molecule has 1 heterocycles. The van der Waals surface area contributed by atoms with Crippen LogP contribution < -0.4 is 10.1 Å². The van der Waals surface area contributed by atoms with E-state index < -0.39 is 11.6 Å².